The fraction of sp³-hybridized carbons (Fsp3) is 0.444. The summed E-state index contributed by atoms with van der Waals surface area (Å²) < 4.78 is 5.29. The number of fused-ring (bicyclic) bond motifs is 4. The summed E-state index contributed by atoms with van der Waals surface area (Å²) in [6, 6.07) is 7.58. The van der Waals surface area contributed by atoms with Crippen molar-refractivity contribution in [2.75, 3.05) is 19.6 Å². The number of nitriles is 1. The maximum atomic E-state index is 12.7. The maximum absolute atomic E-state index is 12.7. The minimum atomic E-state index is -0.250. The fourth-order valence-corrected chi connectivity index (χ4v) is 4.69. The van der Waals surface area contributed by atoms with Crippen molar-refractivity contribution in [1.29, 1.82) is 5.26 Å². The third-order valence-corrected chi connectivity index (χ3v) is 5.91. The molecule has 0 spiro atoms. The Morgan fingerprint density at radius 3 is 2.76 bits per heavy atom. The van der Waals surface area contributed by atoms with Crippen molar-refractivity contribution >= 4 is 33.9 Å². The molecule has 2 aromatic rings. The highest BCUT2D eigenvalue weighted by atomic mass is 32.1. The number of carbonyl (C=O) groups excluding carboxylic acids is 1. The van der Waals surface area contributed by atoms with Crippen molar-refractivity contribution in [2.45, 2.75) is 19.3 Å². The van der Waals surface area contributed by atoms with Crippen molar-refractivity contribution in [2.24, 2.45) is 11.8 Å². The molecular formula is C18H19N3O3S. The van der Waals surface area contributed by atoms with E-state index >= 15 is 0 Å². The van der Waals surface area contributed by atoms with Crippen LogP contribution < -0.4 is 0 Å². The van der Waals surface area contributed by atoms with E-state index in [-0.39, 0.29) is 12.3 Å². The average molecular weight is 357 g/mol. The molecule has 1 atom stereocenters. The van der Waals surface area contributed by atoms with Gasteiger partial charge in [0.15, 0.2) is 5.78 Å². The summed E-state index contributed by atoms with van der Waals surface area (Å²) in [6.45, 7) is 3.22. The SMILES string of the molecule is N#Cc1ccc2c(C(=O)C[C@@H]3CN4CCC3CC4)nsc2c1.O=CO. The van der Waals surface area contributed by atoms with Crippen LogP contribution >= 0.6 is 11.5 Å². The summed E-state index contributed by atoms with van der Waals surface area (Å²) >= 11 is 1.32. The second-order valence-electron chi connectivity index (χ2n) is 6.48. The molecule has 130 valence electrons. The Morgan fingerprint density at radius 2 is 2.16 bits per heavy atom. The number of rotatable bonds is 3. The van der Waals surface area contributed by atoms with Crippen LogP contribution in [-0.4, -0.2) is 46.3 Å². The third kappa shape index (κ3) is 3.70. The van der Waals surface area contributed by atoms with Gasteiger partial charge in [0.1, 0.15) is 5.69 Å². The summed E-state index contributed by atoms with van der Waals surface area (Å²) in [7, 11) is 0. The van der Waals surface area contributed by atoms with Crippen LogP contribution in [0.25, 0.3) is 10.1 Å². The predicted octanol–water partition coefficient (Wildman–Crippen LogP) is 2.78. The molecule has 0 saturated carbocycles. The van der Waals surface area contributed by atoms with Crippen LogP contribution in [0.15, 0.2) is 18.2 Å². The molecule has 1 aromatic heterocycles. The third-order valence-electron chi connectivity index (χ3n) is 5.10. The van der Waals surface area contributed by atoms with Crippen LogP contribution in [0.4, 0.5) is 0 Å². The molecule has 3 fully saturated rings. The second kappa shape index (κ2) is 7.72. The van der Waals surface area contributed by atoms with E-state index in [2.05, 4.69) is 15.3 Å². The highest BCUT2D eigenvalue weighted by molar-refractivity contribution is 7.13. The van der Waals surface area contributed by atoms with Gasteiger partial charge in [-0.2, -0.15) is 9.64 Å². The van der Waals surface area contributed by atoms with Crippen LogP contribution in [0.1, 0.15) is 35.3 Å². The molecule has 6 nitrogen and oxygen atoms in total. The average Bonchev–Trinajstić information content (AvgIpc) is 3.06. The van der Waals surface area contributed by atoms with Gasteiger partial charge in [0, 0.05) is 18.4 Å². The van der Waals surface area contributed by atoms with E-state index in [0.29, 0.717) is 29.5 Å². The zero-order chi connectivity index (χ0) is 17.8. The van der Waals surface area contributed by atoms with Gasteiger partial charge in [-0.25, -0.2) is 0 Å². The minimum Gasteiger partial charge on any atom is -0.483 e. The molecule has 0 unspecified atom stereocenters. The lowest BCUT2D eigenvalue weighted by Gasteiger charge is -2.44. The van der Waals surface area contributed by atoms with E-state index < -0.39 is 0 Å². The van der Waals surface area contributed by atoms with Gasteiger partial charge in [-0.05, 0) is 67.5 Å². The van der Waals surface area contributed by atoms with Crippen molar-refractivity contribution < 1.29 is 14.7 Å². The first-order valence-corrected chi connectivity index (χ1v) is 9.06. The number of benzene rings is 1. The summed E-state index contributed by atoms with van der Waals surface area (Å²) in [5.41, 5.74) is 1.22. The van der Waals surface area contributed by atoms with Gasteiger partial charge >= 0.3 is 0 Å². The molecular weight excluding hydrogens is 338 g/mol. The van der Waals surface area contributed by atoms with Crippen LogP contribution in [0.2, 0.25) is 0 Å². The van der Waals surface area contributed by atoms with Gasteiger partial charge in [0.05, 0.1) is 16.3 Å². The number of aromatic nitrogens is 1. The molecule has 2 bridgehead atoms. The van der Waals surface area contributed by atoms with Crippen LogP contribution in [0.5, 0.6) is 0 Å². The zero-order valence-electron chi connectivity index (χ0n) is 13.7. The number of Topliss-reactive ketones (excluding diaryl/α,β-unsaturated/α-hetero) is 1. The highest BCUT2D eigenvalue weighted by Crippen LogP contribution is 2.35. The van der Waals surface area contributed by atoms with Gasteiger partial charge in [-0.3, -0.25) is 9.59 Å². The van der Waals surface area contributed by atoms with Crippen LogP contribution in [0.3, 0.4) is 0 Å². The Morgan fingerprint density at radius 1 is 1.44 bits per heavy atom. The smallest absolute Gasteiger partial charge is 0.290 e. The summed E-state index contributed by atoms with van der Waals surface area (Å²) in [4.78, 5) is 23.5. The molecule has 0 aliphatic carbocycles. The number of ketones is 1. The van der Waals surface area contributed by atoms with E-state index in [0.717, 1.165) is 16.6 Å². The van der Waals surface area contributed by atoms with E-state index in [1.165, 1.54) is 37.5 Å². The largest absolute Gasteiger partial charge is 0.483 e. The lowest BCUT2D eigenvalue weighted by Crippen LogP contribution is -2.47. The molecule has 0 radical (unpaired) electrons. The Bertz CT molecular complexity index is 819. The Balaban J connectivity index is 0.000000569. The molecule has 1 N–H and O–H groups in total. The molecule has 5 rings (SSSR count). The lowest BCUT2D eigenvalue weighted by molar-refractivity contribution is -0.122. The molecule has 3 aliphatic heterocycles. The van der Waals surface area contributed by atoms with E-state index in [4.69, 9.17) is 15.2 Å². The number of nitrogens with zero attached hydrogens (tertiary/aromatic N) is 3. The first kappa shape index (κ1) is 17.5. The minimum absolute atomic E-state index is 0.162. The summed E-state index contributed by atoms with van der Waals surface area (Å²) in [5, 5.41) is 16.7. The van der Waals surface area contributed by atoms with Gasteiger partial charge in [0.25, 0.3) is 6.47 Å². The van der Waals surface area contributed by atoms with Crippen molar-refractivity contribution in [1.82, 2.24) is 9.27 Å². The molecule has 4 heterocycles. The van der Waals surface area contributed by atoms with Gasteiger partial charge in [-0.1, -0.05) is 0 Å². The molecule has 3 aliphatic rings. The van der Waals surface area contributed by atoms with E-state index in [9.17, 15) is 4.79 Å². The van der Waals surface area contributed by atoms with Crippen molar-refractivity contribution in [3.63, 3.8) is 0 Å². The fourth-order valence-electron chi connectivity index (χ4n) is 3.86. The predicted molar refractivity (Wildman–Crippen MR) is 94.6 cm³/mol. The Hall–Kier alpha value is -2.30. The number of hydrogen-bond donors (Lipinski definition) is 1. The van der Waals surface area contributed by atoms with Crippen LogP contribution in [-0.2, 0) is 4.79 Å². The monoisotopic (exact) mass is 357 g/mol. The van der Waals surface area contributed by atoms with Gasteiger partial charge < -0.3 is 10.0 Å². The molecule has 7 heteroatoms. The standard InChI is InChI=1S/C17H17N3OS.CH2O2/c18-9-11-1-2-14-16(7-11)22-19-17(14)15(21)8-13-10-20-5-3-12(13)4-6-20;2-1-3/h1-2,7,12-13H,3-6,8,10H2;1H,(H,2,3)/t13-;/m1./s1. The van der Waals surface area contributed by atoms with Crippen LogP contribution in [0, 0.1) is 23.2 Å². The Kier molecular flexibility index (Phi) is 5.41. The lowest BCUT2D eigenvalue weighted by atomic mass is 9.76. The molecule has 0 amide bonds. The normalized spacial score (nSPS) is 24.2. The van der Waals surface area contributed by atoms with Crippen molar-refractivity contribution in [3.8, 4) is 6.07 Å². The quantitative estimate of drug-likeness (QED) is 0.670. The number of hydrogen-bond acceptors (Lipinski definition) is 6. The molecule has 25 heavy (non-hydrogen) atoms. The second-order valence-corrected chi connectivity index (χ2v) is 7.29. The summed E-state index contributed by atoms with van der Waals surface area (Å²) in [6.07, 6.45) is 3.09. The summed E-state index contributed by atoms with van der Waals surface area (Å²) in [5.74, 6) is 1.36. The number of piperidine rings is 3. The highest BCUT2D eigenvalue weighted by Gasteiger charge is 2.35. The first-order valence-electron chi connectivity index (χ1n) is 8.29. The number of carboxylic acid groups (broad SMARTS) is 1. The van der Waals surface area contributed by atoms with Gasteiger partial charge in [-0.15, -0.1) is 0 Å². The van der Waals surface area contributed by atoms with Gasteiger partial charge in [0.2, 0.25) is 0 Å². The van der Waals surface area contributed by atoms with E-state index in [1.807, 2.05) is 12.1 Å². The maximum Gasteiger partial charge on any atom is 0.290 e. The topological polar surface area (TPSA) is 94.3 Å². The number of carbonyl (C=O) groups is 2. The molecule has 1 aromatic carbocycles. The van der Waals surface area contributed by atoms with Crippen molar-refractivity contribution in [3.05, 3.63) is 29.5 Å². The zero-order valence-corrected chi connectivity index (χ0v) is 14.5. The van der Waals surface area contributed by atoms with E-state index in [1.54, 1.807) is 6.07 Å². The Labute approximate surface area is 149 Å². The first-order chi connectivity index (χ1) is 12.2. The molecule has 3 saturated heterocycles.